The van der Waals surface area contributed by atoms with Gasteiger partial charge in [-0.15, -0.1) is 0 Å². The second kappa shape index (κ2) is 5.71. The van der Waals surface area contributed by atoms with Crippen molar-refractivity contribution in [1.82, 2.24) is 10.2 Å². The molecule has 4 nitrogen and oxygen atoms in total. The third kappa shape index (κ3) is 3.12. The molecule has 0 radical (unpaired) electrons. The number of likely N-dealkylation sites (tertiary alicyclic amines) is 1. The molecule has 2 aliphatic rings. The zero-order chi connectivity index (χ0) is 12.3. The third-order valence-corrected chi connectivity index (χ3v) is 4.37. The molecular weight excluding hydrogens is 216 g/mol. The highest BCUT2D eigenvalue weighted by Gasteiger charge is 2.31. The van der Waals surface area contributed by atoms with E-state index in [2.05, 4.69) is 21.9 Å². The van der Waals surface area contributed by atoms with Gasteiger partial charge in [-0.05, 0) is 45.1 Å². The smallest absolute Gasteiger partial charge is 0.407 e. The molecule has 98 valence electrons. The number of alkyl carbamates (subject to hydrolysis) is 1. The van der Waals surface area contributed by atoms with E-state index >= 15 is 0 Å². The second-order valence-corrected chi connectivity index (χ2v) is 5.40. The Balaban J connectivity index is 1.81. The van der Waals surface area contributed by atoms with Gasteiger partial charge < -0.3 is 10.1 Å². The molecule has 0 aromatic carbocycles. The summed E-state index contributed by atoms with van der Waals surface area (Å²) in [4.78, 5) is 13.7. The molecule has 0 aromatic heterocycles. The van der Waals surface area contributed by atoms with Crippen LogP contribution in [0.5, 0.6) is 0 Å². The molecule has 1 N–H and O–H groups in total. The van der Waals surface area contributed by atoms with Crippen molar-refractivity contribution in [2.24, 2.45) is 5.92 Å². The highest BCUT2D eigenvalue weighted by molar-refractivity contribution is 5.67. The predicted molar refractivity (Wildman–Crippen MR) is 66.9 cm³/mol. The summed E-state index contributed by atoms with van der Waals surface area (Å²) < 4.78 is 4.66. The number of hydrogen-bond acceptors (Lipinski definition) is 3. The van der Waals surface area contributed by atoms with Crippen molar-refractivity contribution in [3.05, 3.63) is 0 Å². The number of amides is 1. The van der Waals surface area contributed by atoms with Gasteiger partial charge >= 0.3 is 6.09 Å². The van der Waals surface area contributed by atoms with Crippen LogP contribution in [0.25, 0.3) is 0 Å². The maximum absolute atomic E-state index is 11.2. The average Bonchev–Trinajstić information content (AvgIpc) is 2.27. The Morgan fingerprint density at radius 3 is 2.71 bits per heavy atom. The minimum Gasteiger partial charge on any atom is -0.453 e. The Labute approximate surface area is 104 Å². The average molecular weight is 240 g/mol. The Morgan fingerprint density at radius 1 is 1.35 bits per heavy atom. The van der Waals surface area contributed by atoms with Crippen LogP contribution >= 0.6 is 0 Å². The van der Waals surface area contributed by atoms with E-state index in [1.54, 1.807) is 0 Å². The molecule has 1 amide bonds. The maximum Gasteiger partial charge on any atom is 0.407 e. The fourth-order valence-corrected chi connectivity index (χ4v) is 2.94. The lowest BCUT2D eigenvalue weighted by molar-refractivity contribution is 0.0744. The molecule has 1 aliphatic carbocycles. The molecule has 1 heterocycles. The minimum absolute atomic E-state index is 0.263. The van der Waals surface area contributed by atoms with Crippen LogP contribution in [0.15, 0.2) is 0 Å². The molecule has 1 saturated carbocycles. The Kier molecular flexibility index (Phi) is 4.26. The van der Waals surface area contributed by atoms with E-state index in [9.17, 15) is 4.79 Å². The molecule has 1 aliphatic heterocycles. The summed E-state index contributed by atoms with van der Waals surface area (Å²) in [5.74, 6) is 0.881. The van der Waals surface area contributed by atoms with Crippen molar-refractivity contribution in [2.75, 3.05) is 20.2 Å². The fraction of sp³-hybridized carbons (Fsp3) is 0.923. The second-order valence-electron chi connectivity index (χ2n) is 5.40. The largest absolute Gasteiger partial charge is 0.453 e. The fourth-order valence-electron chi connectivity index (χ4n) is 2.94. The van der Waals surface area contributed by atoms with Crippen molar-refractivity contribution in [1.29, 1.82) is 0 Å². The maximum atomic E-state index is 11.2. The molecule has 0 spiro atoms. The first-order chi connectivity index (χ1) is 8.20. The van der Waals surface area contributed by atoms with E-state index in [4.69, 9.17) is 0 Å². The minimum atomic E-state index is -0.298. The quantitative estimate of drug-likeness (QED) is 0.820. The normalized spacial score (nSPS) is 28.2. The molecule has 2 unspecified atom stereocenters. The number of ether oxygens (including phenoxy) is 1. The molecule has 0 bridgehead atoms. The van der Waals surface area contributed by atoms with Crippen LogP contribution in [0.1, 0.15) is 39.0 Å². The van der Waals surface area contributed by atoms with Crippen LogP contribution in [0.3, 0.4) is 0 Å². The van der Waals surface area contributed by atoms with Gasteiger partial charge in [-0.1, -0.05) is 6.42 Å². The molecular formula is C13H24N2O2. The van der Waals surface area contributed by atoms with Gasteiger partial charge in [0.2, 0.25) is 0 Å². The first-order valence-corrected chi connectivity index (χ1v) is 6.79. The van der Waals surface area contributed by atoms with E-state index < -0.39 is 0 Å². The van der Waals surface area contributed by atoms with Crippen LogP contribution in [0.4, 0.5) is 4.79 Å². The summed E-state index contributed by atoms with van der Waals surface area (Å²) in [5.41, 5.74) is 0. The monoisotopic (exact) mass is 240 g/mol. The lowest BCUT2D eigenvalue weighted by Crippen LogP contribution is -2.52. The number of piperidine rings is 1. The van der Waals surface area contributed by atoms with Crippen molar-refractivity contribution >= 4 is 6.09 Å². The standard InChI is InChI=1S/C13H24N2O2/c1-10(11-5-3-6-11)15-8-4-7-12(9-15)14-13(16)17-2/h10-12H,3-9H2,1-2H3,(H,14,16). The number of nitrogens with one attached hydrogen (secondary N) is 1. The van der Waals surface area contributed by atoms with Gasteiger partial charge in [0.05, 0.1) is 7.11 Å². The number of nitrogens with zero attached hydrogens (tertiary/aromatic N) is 1. The lowest BCUT2D eigenvalue weighted by atomic mass is 9.79. The van der Waals surface area contributed by atoms with Crippen LogP contribution in [-0.2, 0) is 4.74 Å². The van der Waals surface area contributed by atoms with Gasteiger partial charge in [-0.2, -0.15) is 0 Å². The Morgan fingerprint density at radius 2 is 2.12 bits per heavy atom. The van der Waals surface area contributed by atoms with Gasteiger partial charge in [0.1, 0.15) is 0 Å². The molecule has 2 atom stereocenters. The van der Waals surface area contributed by atoms with Gasteiger partial charge in [0.25, 0.3) is 0 Å². The van der Waals surface area contributed by atoms with Crippen molar-refractivity contribution < 1.29 is 9.53 Å². The van der Waals surface area contributed by atoms with Crippen molar-refractivity contribution in [3.63, 3.8) is 0 Å². The zero-order valence-electron chi connectivity index (χ0n) is 10.9. The number of methoxy groups -OCH3 is 1. The number of rotatable bonds is 3. The van der Waals surface area contributed by atoms with E-state index in [1.165, 1.54) is 39.3 Å². The van der Waals surface area contributed by atoms with Gasteiger partial charge in [-0.3, -0.25) is 4.90 Å². The summed E-state index contributed by atoms with van der Waals surface area (Å²) in [6.45, 7) is 4.49. The topological polar surface area (TPSA) is 41.6 Å². The highest BCUT2D eigenvalue weighted by atomic mass is 16.5. The van der Waals surface area contributed by atoms with Crippen LogP contribution in [0, 0.1) is 5.92 Å². The Bertz CT molecular complexity index is 266. The first kappa shape index (κ1) is 12.7. The van der Waals surface area contributed by atoms with E-state index in [0.717, 1.165) is 18.9 Å². The van der Waals surface area contributed by atoms with E-state index in [-0.39, 0.29) is 12.1 Å². The summed E-state index contributed by atoms with van der Waals surface area (Å²) in [6, 6.07) is 0.935. The first-order valence-electron chi connectivity index (χ1n) is 6.79. The molecule has 4 heteroatoms. The SMILES string of the molecule is COC(=O)NC1CCCN(C(C)C2CCC2)C1. The number of carbonyl (C=O) groups excluding carboxylic acids is 1. The number of carbonyl (C=O) groups is 1. The molecule has 17 heavy (non-hydrogen) atoms. The molecule has 0 aromatic rings. The number of hydrogen-bond donors (Lipinski definition) is 1. The van der Waals surface area contributed by atoms with Crippen molar-refractivity contribution in [2.45, 2.75) is 51.1 Å². The highest BCUT2D eigenvalue weighted by Crippen LogP contribution is 2.33. The molecule has 1 saturated heterocycles. The third-order valence-electron chi connectivity index (χ3n) is 4.37. The van der Waals surface area contributed by atoms with Crippen molar-refractivity contribution in [3.8, 4) is 0 Å². The zero-order valence-corrected chi connectivity index (χ0v) is 10.9. The molecule has 2 rings (SSSR count). The van der Waals surface area contributed by atoms with Crippen LogP contribution in [0.2, 0.25) is 0 Å². The van der Waals surface area contributed by atoms with Crippen LogP contribution < -0.4 is 5.32 Å². The van der Waals surface area contributed by atoms with Gasteiger partial charge in [0.15, 0.2) is 0 Å². The van der Waals surface area contributed by atoms with Crippen LogP contribution in [-0.4, -0.2) is 43.3 Å². The summed E-state index contributed by atoms with van der Waals surface area (Å²) in [6.07, 6.45) is 6.11. The van der Waals surface area contributed by atoms with Gasteiger partial charge in [0, 0.05) is 18.6 Å². The van der Waals surface area contributed by atoms with Gasteiger partial charge in [-0.25, -0.2) is 4.79 Å². The van der Waals surface area contributed by atoms with E-state index in [1.807, 2.05) is 0 Å². The molecule has 2 fully saturated rings. The Hall–Kier alpha value is -0.770. The summed E-state index contributed by atoms with van der Waals surface area (Å²) in [5, 5.41) is 2.93. The van der Waals surface area contributed by atoms with E-state index in [0.29, 0.717) is 6.04 Å². The summed E-state index contributed by atoms with van der Waals surface area (Å²) in [7, 11) is 1.42. The summed E-state index contributed by atoms with van der Waals surface area (Å²) >= 11 is 0. The predicted octanol–water partition coefficient (Wildman–Crippen LogP) is 2.00. The lowest BCUT2D eigenvalue weighted by Gasteiger charge is -2.43.